The highest BCUT2D eigenvalue weighted by atomic mass is 35.5. The van der Waals surface area contributed by atoms with Gasteiger partial charge in [0, 0.05) is 10.0 Å². The van der Waals surface area contributed by atoms with Gasteiger partial charge in [-0.3, -0.25) is 0 Å². The van der Waals surface area contributed by atoms with Crippen molar-refractivity contribution in [3.05, 3.63) is 58.6 Å². The van der Waals surface area contributed by atoms with Gasteiger partial charge >= 0.3 is 7.60 Å². The number of benzene rings is 2. The van der Waals surface area contributed by atoms with Crippen LogP contribution in [0.5, 0.6) is 11.5 Å². The maximum atomic E-state index is 12.6. The Bertz CT molecular complexity index is 592. The van der Waals surface area contributed by atoms with Crippen LogP contribution in [-0.2, 0) is 4.57 Å². The topological polar surface area (TPSA) is 35.5 Å². The maximum Gasteiger partial charge on any atom is 0.463 e. The molecule has 0 aromatic heterocycles. The SMILES string of the molecule is O=P(Oc1ccc(Cl)cc1)(Oc1ccc(Cl)cc1)C(Cl)Cl. The molecule has 8 heteroatoms. The summed E-state index contributed by atoms with van der Waals surface area (Å²) in [5.74, 6) is 0.561. The van der Waals surface area contributed by atoms with E-state index in [0.717, 1.165) is 0 Å². The molecule has 0 aliphatic rings. The minimum absolute atomic E-state index is 0.281. The Morgan fingerprint density at radius 2 is 1.10 bits per heavy atom. The monoisotopic (exact) mass is 384 g/mol. The molecule has 2 aromatic rings. The lowest BCUT2D eigenvalue weighted by atomic mass is 10.3. The van der Waals surface area contributed by atoms with Crippen molar-refractivity contribution in [3.8, 4) is 11.5 Å². The second kappa shape index (κ2) is 7.13. The summed E-state index contributed by atoms with van der Waals surface area (Å²) in [6, 6.07) is 12.5. The largest absolute Gasteiger partial charge is 0.463 e. The van der Waals surface area contributed by atoms with E-state index in [-0.39, 0.29) is 11.5 Å². The summed E-state index contributed by atoms with van der Waals surface area (Å²) in [7, 11) is -3.82. The molecule has 3 nitrogen and oxygen atoms in total. The third-order valence-electron chi connectivity index (χ3n) is 2.33. The van der Waals surface area contributed by atoms with E-state index in [1.165, 1.54) is 24.3 Å². The van der Waals surface area contributed by atoms with Gasteiger partial charge in [-0.25, -0.2) is 4.57 Å². The van der Waals surface area contributed by atoms with Crippen LogP contribution >= 0.6 is 54.0 Å². The number of hydrogen-bond acceptors (Lipinski definition) is 3. The molecule has 0 heterocycles. The van der Waals surface area contributed by atoms with Crippen LogP contribution in [0.1, 0.15) is 0 Å². The molecule has 0 N–H and O–H groups in total. The van der Waals surface area contributed by atoms with E-state index in [1.807, 2.05) is 0 Å². The molecule has 0 saturated carbocycles. The van der Waals surface area contributed by atoms with E-state index in [1.54, 1.807) is 24.3 Å². The normalized spacial score (nSPS) is 11.5. The summed E-state index contributed by atoms with van der Waals surface area (Å²) in [6.45, 7) is 0. The van der Waals surface area contributed by atoms with Crippen molar-refractivity contribution in [3.63, 3.8) is 0 Å². The van der Waals surface area contributed by atoms with E-state index in [0.29, 0.717) is 10.0 Å². The summed E-state index contributed by atoms with van der Waals surface area (Å²) in [5, 5.41) is 1.04. The minimum atomic E-state index is -3.82. The number of hydrogen-bond donors (Lipinski definition) is 0. The van der Waals surface area contributed by atoms with Crippen molar-refractivity contribution in [1.82, 2.24) is 0 Å². The van der Waals surface area contributed by atoms with E-state index in [4.69, 9.17) is 55.5 Å². The number of halogens is 4. The molecule has 0 aliphatic heterocycles. The van der Waals surface area contributed by atoms with Gasteiger partial charge in [-0.05, 0) is 48.5 Å². The quantitative estimate of drug-likeness (QED) is 0.440. The van der Waals surface area contributed by atoms with Gasteiger partial charge in [0.05, 0.1) is 0 Å². The molecule has 112 valence electrons. The van der Waals surface area contributed by atoms with Crippen molar-refractivity contribution < 1.29 is 13.6 Å². The molecular formula is C13H9Cl4O3P. The molecule has 0 fully saturated rings. The van der Waals surface area contributed by atoms with Gasteiger partial charge in [-0.1, -0.05) is 46.4 Å². The van der Waals surface area contributed by atoms with Gasteiger partial charge in [0.2, 0.25) is 4.58 Å². The third-order valence-corrected chi connectivity index (χ3v) is 5.68. The Morgan fingerprint density at radius 3 is 1.38 bits per heavy atom. The van der Waals surface area contributed by atoms with Crippen LogP contribution in [0.2, 0.25) is 10.0 Å². The van der Waals surface area contributed by atoms with Crippen LogP contribution in [0.4, 0.5) is 0 Å². The molecule has 0 spiro atoms. The van der Waals surface area contributed by atoms with E-state index in [9.17, 15) is 4.57 Å². The van der Waals surface area contributed by atoms with E-state index >= 15 is 0 Å². The zero-order valence-electron chi connectivity index (χ0n) is 10.4. The third kappa shape index (κ3) is 4.70. The highest BCUT2D eigenvalue weighted by Crippen LogP contribution is 2.56. The van der Waals surface area contributed by atoms with Crippen LogP contribution in [-0.4, -0.2) is 4.58 Å². The molecule has 0 unspecified atom stereocenters. The average Bonchev–Trinajstić information content (AvgIpc) is 2.44. The van der Waals surface area contributed by atoms with Crippen molar-refractivity contribution >= 4 is 54.0 Å². The fraction of sp³-hybridized carbons (Fsp3) is 0.0769. The molecule has 0 saturated heterocycles. The first kappa shape index (κ1) is 16.8. The standard InChI is InChI=1S/C13H9Cl4O3P/c14-9-1-5-11(6-2-9)19-21(18,13(16)17)20-12-7-3-10(15)4-8-12/h1-8,13H. The smallest absolute Gasteiger partial charge is 0.414 e. The van der Waals surface area contributed by atoms with Gasteiger partial charge < -0.3 is 9.05 Å². The molecule has 2 rings (SSSR count). The Labute approximate surface area is 142 Å². The van der Waals surface area contributed by atoms with Gasteiger partial charge in [0.1, 0.15) is 11.5 Å². The second-order valence-electron chi connectivity index (χ2n) is 3.91. The lowest BCUT2D eigenvalue weighted by molar-refractivity contribution is 0.389. The molecule has 0 aliphatic carbocycles. The Kier molecular flexibility index (Phi) is 5.70. The predicted molar refractivity (Wildman–Crippen MR) is 87.3 cm³/mol. The first-order valence-corrected chi connectivity index (χ1v) is 8.91. The maximum absolute atomic E-state index is 12.6. The van der Waals surface area contributed by atoms with Crippen molar-refractivity contribution in [2.75, 3.05) is 0 Å². The van der Waals surface area contributed by atoms with Crippen LogP contribution < -0.4 is 9.05 Å². The van der Waals surface area contributed by atoms with Crippen molar-refractivity contribution in [2.24, 2.45) is 0 Å². The molecular weight excluding hydrogens is 377 g/mol. The zero-order valence-corrected chi connectivity index (χ0v) is 14.3. The van der Waals surface area contributed by atoms with Crippen molar-refractivity contribution in [1.29, 1.82) is 0 Å². The zero-order chi connectivity index (χ0) is 15.5. The Morgan fingerprint density at radius 1 is 0.762 bits per heavy atom. The van der Waals surface area contributed by atoms with E-state index < -0.39 is 12.2 Å². The number of rotatable bonds is 5. The Balaban J connectivity index is 2.21. The minimum Gasteiger partial charge on any atom is -0.414 e. The van der Waals surface area contributed by atoms with Crippen LogP contribution in [0.25, 0.3) is 0 Å². The van der Waals surface area contributed by atoms with Gasteiger partial charge in [0.15, 0.2) is 0 Å². The molecule has 0 amide bonds. The summed E-state index contributed by atoms with van der Waals surface area (Å²) < 4.78 is 22.0. The highest BCUT2D eigenvalue weighted by molar-refractivity contribution is 7.59. The fourth-order valence-electron chi connectivity index (χ4n) is 1.38. The lowest BCUT2D eigenvalue weighted by Crippen LogP contribution is -2.07. The Hall–Kier alpha value is -0.570. The van der Waals surface area contributed by atoms with Gasteiger partial charge in [0.25, 0.3) is 0 Å². The first-order valence-electron chi connectivity index (χ1n) is 5.67. The molecule has 2 aromatic carbocycles. The summed E-state index contributed by atoms with van der Waals surface area (Å²) in [5.41, 5.74) is 0. The lowest BCUT2D eigenvalue weighted by Gasteiger charge is -2.20. The molecule has 21 heavy (non-hydrogen) atoms. The van der Waals surface area contributed by atoms with E-state index in [2.05, 4.69) is 0 Å². The fourth-order valence-corrected chi connectivity index (χ4v) is 3.14. The molecule has 0 atom stereocenters. The van der Waals surface area contributed by atoms with Crippen LogP contribution in [0.3, 0.4) is 0 Å². The summed E-state index contributed by atoms with van der Waals surface area (Å²) in [6.07, 6.45) is 0. The van der Waals surface area contributed by atoms with Crippen molar-refractivity contribution in [2.45, 2.75) is 4.58 Å². The second-order valence-corrected chi connectivity index (χ2v) is 8.45. The van der Waals surface area contributed by atoms with Crippen LogP contribution in [0, 0.1) is 0 Å². The highest BCUT2D eigenvalue weighted by Gasteiger charge is 2.37. The molecule has 0 bridgehead atoms. The average molecular weight is 386 g/mol. The summed E-state index contributed by atoms with van der Waals surface area (Å²) >= 11 is 23.0. The number of alkyl halides is 2. The predicted octanol–water partition coefficient (Wildman–Crippen LogP) is 6.41. The summed E-state index contributed by atoms with van der Waals surface area (Å²) in [4.78, 5) is 0. The van der Waals surface area contributed by atoms with Crippen LogP contribution in [0.15, 0.2) is 48.5 Å². The molecule has 0 radical (unpaired) electrons. The first-order chi connectivity index (χ1) is 9.89. The van der Waals surface area contributed by atoms with Gasteiger partial charge in [-0.15, -0.1) is 0 Å². The van der Waals surface area contributed by atoms with Gasteiger partial charge in [-0.2, -0.15) is 0 Å².